The van der Waals surface area contributed by atoms with Crippen molar-refractivity contribution < 1.29 is 9.53 Å². The minimum atomic E-state index is -0.488. The van der Waals surface area contributed by atoms with Gasteiger partial charge in [0.2, 0.25) is 0 Å². The van der Waals surface area contributed by atoms with Crippen LogP contribution >= 0.6 is 0 Å². The quantitative estimate of drug-likeness (QED) is 0.896. The van der Waals surface area contributed by atoms with E-state index in [4.69, 9.17) is 4.74 Å². The first-order valence-corrected chi connectivity index (χ1v) is 8.36. The Morgan fingerprint density at radius 2 is 2.00 bits per heavy atom. The standard InChI is InChI=1S/C18H29N3O2/c1-14-5-6-15(7-10-21-11-8-19-9-12-21)13-16(14)20-17(22)23-18(2,3)4/h5-6,13,19H,7-12H2,1-4H3,(H,20,22). The van der Waals surface area contributed by atoms with Crippen LogP contribution in [0.5, 0.6) is 0 Å². The van der Waals surface area contributed by atoms with Gasteiger partial charge in [0.1, 0.15) is 5.60 Å². The molecule has 1 fully saturated rings. The van der Waals surface area contributed by atoms with E-state index in [1.165, 1.54) is 5.56 Å². The Balaban J connectivity index is 1.93. The number of nitrogens with zero attached hydrogens (tertiary/aromatic N) is 1. The summed E-state index contributed by atoms with van der Waals surface area (Å²) in [5.74, 6) is 0. The molecule has 1 aromatic carbocycles. The van der Waals surface area contributed by atoms with Gasteiger partial charge in [0.25, 0.3) is 0 Å². The molecular weight excluding hydrogens is 290 g/mol. The smallest absolute Gasteiger partial charge is 0.412 e. The highest BCUT2D eigenvalue weighted by Crippen LogP contribution is 2.19. The maximum Gasteiger partial charge on any atom is 0.412 e. The van der Waals surface area contributed by atoms with Crippen LogP contribution in [0.1, 0.15) is 31.9 Å². The molecule has 1 aliphatic heterocycles. The largest absolute Gasteiger partial charge is 0.444 e. The van der Waals surface area contributed by atoms with Crippen molar-refractivity contribution in [2.24, 2.45) is 0 Å². The Labute approximate surface area is 139 Å². The molecule has 5 heteroatoms. The number of amides is 1. The monoisotopic (exact) mass is 319 g/mol. The minimum Gasteiger partial charge on any atom is -0.444 e. The number of carbonyl (C=O) groups is 1. The molecule has 23 heavy (non-hydrogen) atoms. The van der Waals surface area contributed by atoms with Crippen molar-refractivity contribution in [2.75, 3.05) is 38.0 Å². The second-order valence-corrected chi connectivity index (χ2v) is 7.12. The first kappa shape index (κ1) is 17.8. The van der Waals surface area contributed by atoms with E-state index in [9.17, 15) is 4.79 Å². The molecule has 0 aliphatic carbocycles. The van der Waals surface area contributed by atoms with Crippen LogP contribution in [0, 0.1) is 6.92 Å². The molecule has 128 valence electrons. The van der Waals surface area contributed by atoms with E-state index in [2.05, 4.69) is 33.7 Å². The molecular formula is C18H29N3O2. The van der Waals surface area contributed by atoms with Crippen LogP contribution in [-0.2, 0) is 11.2 Å². The molecule has 0 aromatic heterocycles. The van der Waals surface area contributed by atoms with Gasteiger partial charge in [0.05, 0.1) is 0 Å². The van der Waals surface area contributed by atoms with Gasteiger partial charge in [-0.3, -0.25) is 5.32 Å². The van der Waals surface area contributed by atoms with Crippen molar-refractivity contribution in [2.45, 2.75) is 39.7 Å². The predicted octanol–water partition coefficient (Wildman–Crippen LogP) is 2.79. The molecule has 0 spiro atoms. The second-order valence-electron chi connectivity index (χ2n) is 7.12. The Morgan fingerprint density at radius 1 is 1.30 bits per heavy atom. The number of hydrogen-bond acceptors (Lipinski definition) is 4. The molecule has 1 amide bonds. The molecule has 1 heterocycles. The zero-order valence-electron chi connectivity index (χ0n) is 14.7. The molecule has 2 N–H and O–H groups in total. The maximum absolute atomic E-state index is 11.9. The summed E-state index contributed by atoms with van der Waals surface area (Å²) in [7, 11) is 0. The van der Waals surface area contributed by atoms with Crippen molar-refractivity contribution in [1.82, 2.24) is 10.2 Å². The highest BCUT2D eigenvalue weighted by Gasteiger charge is 2.17. The minimum absolute atomic E-state index is 0.403. The molecule has 0 bridgehead atoms. The summed E-state index contributed by atoms with van der Waals surface area (Å²) in [6.45, 7) is 13.0. The summed E-state index contributed by atoms with van der Waals surface area (Å²) in [6, 6.07) is 6.25. The molecule has 1 aliphatic rings. The van der Waals surface area contributed by atoms with E-state index in [0.29, 0.717) is 0 Å². The lowest BCUT2D eigenvalue weighted by atomic mass is 10.1. The second kappa shape index (κ2) is 7.79. The number of carbonyl (C=O) groups excluding carboxylic acids is 1. The number of rotatable bonds is 4. The number of aryl methyl sites for hydroxylation is 1. The molecule has 0 atom stereocenters. The van der Waals surface area contributed by atoms with Gasteiger partial charge in [-0.1, -0.05) is 12.1 Å². The van der Waals surface area contributed by atoms with Crippen LogP contribution < -0.4 is 10.6 Å². The van der Waals surface area contributed by atoms with Gasteiger partial charge in [-0.25, -0.2) is 4.79 Å². The lowest BCUT2D eigenvalue weighted by molar-refractivity contribution is 0.0636. The number of piperazine rings is 1. The van der Waals surface area contributed by atoms with Crippen molar-refractivity contribution in [1.29, 1.82) is 0 Å². The Bertz CT molecular complexity index is 532. The van der Waals surface area contributed by atoms with E-state index in [1.54, 1.807) is 0 Å². The number of hydrogen-bond donors (Lipinski definition) is 2. The van der Waals surface area contributed by atoms with Gasteiger partial charge < -0.3 is 15.0 Å². The Morgan fingerprint density at radius 3 is 2.65 bits per heavy atom. The highest BCUT2D eigenvalue weighted by molar-refractivity contribution is 5.86. The molecule has 0 saturated carbocycles. The zero-order valence-corrected chi connectivity index (χ0v) is 14.7. The summed E-state index contributed by atoms with van der Waals surface area (Å²) >= 11 is 0. The van der Waals surface area contributed by atoms with Crippen LogP contribution in [0.3, 0.4) is 0 Å². The molecule has 1 saturated heterocycles. The van der Waals surface area contributed by atoms with Crippen LogP contribution in [0.25, 0.3) is 0 Å². The van der Waals surface area contributed by atoms with Gasteiger partial charge in [0.15, 0.2) is 0 Å². The molecule has 5 nitrogen and oxygen atoms in total. The Kier molecular flexibility index (Phi) is 6.02. The maximum atomic E-state index is 11.9. The van der Waals surface area contributed by atoms with Crippen molar-refractivity contribution >= 4 is 11.8 Å². The average Bonchev–Trinajstić information content (AvgIpc) is 2.47. The third kappa shape index (κ3) is 6.20. The molecule has 0 unspecified atom stereocenters. The fourth-order valence-corrected chi connectivity index (χ4v) is 2.59. The first-order valence-electron chi connectivity index (χ1n) is 8.36. The van der Waals surface area contributed by atoms with E-state index >= 15 is 0 Å². The van der Waals surface area contributed by atoms with Crippen molar-refractivity contribution in [3.63, 3.8) is 0 Å². The van der Waals surface area contributed by atoms with Crippen LogP contribution in [0.15, 0.2) is 18.2 Å². The van der Waals surface area contributed by atoms with Gasteiger partial charge in [-0.2, -0.15) is 0 Å². The number of benzene rings is 1. The van der Waals surface area contributed by atoms with Crippen LogP contribution in [0.2, 0.25) is 0 Å². The summed E-state index contributed by atoms with van der Waals surface area (Å²) in [4.78, 5) is 14.4. The van der Waals surface area contributed by atoms with Gasteiger partial charge in [-0.15, -0.1) is 0 Å². The predicted molar refractivity (Wildman–Crippen MR) is 94.0 cm³/mol. The van der Waals surface area contributed by atoms with Crippen molar-refractivity contribution in [3.05, 3.63) is 29.3 Å². The normalized spacial score (nSPS) is 16.2. The van der Waals surface area contributed by atoms with E-state index in [-0.39, 0.29) is 0 Å². The summed E-state index contributed by atoms with van der Waals surface area (Å²) < 4.78 is 5.33. The number of nitrogens with one attached hydrogen (secondary N) is 2. The molecule has 2 rings (SSSR count). The van der Waals surface area contributed by atoms with Gasteiger partial charge in [0, 0.05) is 38.4 Å². The number of anilines is 1. The van der Waals surface area contributed by atoms with Crippen LogP contribution in [0.4, 0.5) is 10.5 Å². The fourth-order valence-electron chi connectivity index (χ4n) is 2.59. The fraction of sp³-hybridized carbons (Fsp3) is 0.611. The summed E-state index contributed by atoms with van der Waals surface area (Å²) in [6.07, 6.45) is 0.586. The third-order valence-electron chi connectivity index (χ3n) is 3.86. The summed E-state index contributed by atoms with van der Waals surface area (Å²) in [5, 5.41) is 6.23. The lowest BCUT2D eigenvalue weighted by Crippen LogP contribution is -2.44. The van der Waals surface area contributed by atoms with E-state index in [0.717, 1.165) is 50.4 Å². The topological polar surface area (TPSA) is 53.6 Å². The van der Waals surface area contributed by atoms with E-state index in [1.807, 2.05) is 27.7 Å². The highest BCUT2D eigenvalue weighted by atomic mass is 16.6. The van der Waals surface area contributed by atoms with E-state index < -0.39 is 11.7 Å². The zero-order chi connectivity index (χ0) is 16.9. The Hall–Kier alpha value is -1.59. The third-order valence-corrected chi connectivity index (χ3v) is 3.86. The van der Waals surface area contributed by atoms with Crippen LogP contribution in [-0.4, -0.2) is 49.3 Å². The molecule has 1 aromatic rings. The SMILES string of the molecule is Cc1ccc(CCN2CCNCC2)cc1NC(=O)OC(C)(C)C. The van der Waals surface area contributed by atoms with Gasteiger partial charge in [-0.05, 0) is 51.3 Å². The summed E-state index contributed by atoms with van der Waals surface area (Å²) in [5.41, 5.74) is 2.62. The lowest BCUT2D eigenvalue weighted by Gasteiger charge is -2.27. The number of ether oxygens (including phenoxy) is 1. The average molecular weight is 319 g/mol. The van der Waals surface area contributed by atoms with Crippen molar-refractivity contribution in [3.8, 4) is 0 Å². The van der Waals surface area contributed by atoms with Gasteiger partial charge >= 0.3 is 6.09 Å². The molecule has 0 radical (unpaired) electrons. The first-order chi connectivity index (χ1) is 10.8.